The van der Waals surface area contributed by atoms with Crippen LogP contribution in [0.4, 0.5) is 5.69 Å². The van der Waals surface area contributed by atoms with E-state index in [1.54, 1.807) is 23.0 Å². The van der Waals surface area contributed by atoms with Crippen LogP contribution in [-0.2, 0) is 0 Å². The Bertz CT molecular complexity index is 524. The van der Waals surface area contributed by atoms with Gasteiger partial charge in [0.25, 0.3) is 5.91 Å². The van der Waals surface area contributed by atoms with Gasteiger partial charge in [-0.25, -0.2) is 4.68 Å². The molecule has 1 heterocycles. The SMILES string of the molecule is Cc1cc(N)cc(-n2ccc(C(N)=O)n2)c1. The predicted molar refractivity (Wildman–Crippen MR) is 61.2 cm³/mol. The first-order valence-electron chi connectivity index (χ1n) is 4.79. The van der Waals surface area contributed by atoms with Crippen molar-refractivity contribution in [3.8, 4) is 5.69 Å². The molecule has 0 aliphatic heterocycles. The molecule has 0 bridgehead atoms. The van der Waals surface area contributed by atoms with Gasteiger partial charge in [0.2, 0.25) is 0 Å². The van der Waals surface area contributed by atoms with E-state index in [0.717, 1.165) is 11.3 Å². The number of anilines is 1. The number of carbonyl (C=O) groups is 1. The molecule has 0 atom stereocenters. The maximum atomic E-state index is 10.9. The van der Waals surface area contributed by atoms with Crippen molar-refractivity contribution < 1.29 is 4.79 Å². The summed E-state index contributed by atoms with van der Waals surface area (Å²) in [6.07, 6.45) is 1.67. The van der Waals surface area contributed by atoms with Gasteiger partial charge < -0.3 is 11.5 Å². The van der Waals surface area contributed by atoms with Crippen LogP contribution in [0.15, 0.2) is 30.5 Å². The molecular weight excluding hydrogens is 204 g/mol. The Morgan fingerprint density at radius 3 is 2.69 bits per heavy atom. The lowest BCUT2D eigenvalue weighted by molar-refractivity contribution is 0.0995. The van der Waals surface area contributed by atoms with Gasteiger partial charge in [-0.15, -0.1) is 0 Å². The number of hydrogen-bond donors (Lipinski definition) is 2. The molecule has 1 amide bonds. The van der Waals surface area contributed by atoms with Crippen LogP contribution in [0.3, 0.4) is 0 Å². The van der Waals surface area contributed by atoms with Gasteiger partial charge in [0.1, 0.15) is 5.69 Å². The molecule has 82 valence electrons. The second kappa shape index (κ2) is 3.69. The summed E-state index contributed by atoms with van der Waals surface area (Å²) in [6.45, 7) is 1.94. The first kappa shape index (κ1) is 10.2. The third kappa shape index (κ3) is 1.88. The van der Waals surface area contributed by atoms with Gasteiger partial charge >= 0.3 is 0 Å². The molecule has 0 saturated heterocycles. The molecule has 1 aromatic carbocycles. The van der Waals surface area contributed by atoms with Crippen molar-refractivity contribution in [3.05, 3.63) is 41.7 Å². The van der Waals surface area contributed by atoms with E-state index in [4.69, 9.17) is 11.5 Å². The van der Waals surface area contributed by atoms with E-state index in [2.05, 4.69) is 5.10 Å². The fraction of sp³-hybridized carbons (Fsp3) is 0.0909. The number of nitrogens with two attached hydrogens (primary N) is 2. The van der Waals surface area contributed by atoms with Crippen LogP contribution >= 0.6 is 0 Å². The van der Waals surface area contributed by atoms with E-state index >= 15 is 0 Å². The van der Waals surface area contributed by atoms with E-state index in [-0.39, 0.29) is 5.69 Å². The number of nitrogens with zero attached hydrogens (tertiary/aromatic N) is 2. The van der Waals surface area contributed by atoms with Crippen molar-refractivity contribution in [3.63, 3.8) is 0 Å². The smallest absolute Gasteiger partial charge is 0.269 e. The lowest BCUT2D eigenvalue weighted by atomic mass is 10.2. The van der Waals surface area contributed by atoms with Crippen LogP contribution in [0.1, 0.15) is 16.1 Å². The number of benzene rings is 1. The van der Waals surface area contributed by atoms with Gasteiger partial charge in [0.15, 0.2) is 0 Å². The van der Waals surface area contributed by atoms with Crippen molar-refractivity contribution in [1.29, 1.82) is 0 Å². The fourth-order valence-electron chi connectivity index (χ4n) is 1.52. The second-order valence-electron chi connectivity index (χ2n) is 3.61. The number of rotatable bonds is 2. The summed E-state index contributed by atoms with van der Waals surface area (Å²) in [5, 5.41) is 4.05. The minimum absolute atomic E-state index is 0.236. The largest absolute Gasteiger partial charge is 0.399 e. The van der Waals surface area contributed by atoms with Crippen molar-refractivity contribution in [2.75, 3.05) is 5.73 Å². The molecule has 0 radical (unpaired) electrons. The van der Waals surface area contributed by atoms with Crippen molar-refractivity contribution in [2.45, 2.75) is 6.92 Å². The van der Waals surface area contributed by atoms with E-state index in [1.807, 2.05) is 19.1 Å². The molecule has 0 spiro atoms. The first-order chi connectivity index (χ1) is 7.56. The Balaban J connectivity index is 2.46. The van der Waals surface area contributed by atoms with Gasteiger partial charge in [-0.1, -0.05) is 0 Å². The van der Waals surface area contributed by atoms with Gasteiger partial charge in [0.05, 0.1) is 5.69 Å². The minimum atomic E-state index is -0.542. The zero-order valence-electron chi connectivity index (χ0n) is 8.84. The molecule has 2 rings (SSSR count). The van der Waals surface area contributed by atoms with Gasteiger partial charge in [-0.3, -0.25) is 4.79 Å². The molecule has 5 nitrogen and oxygen atoms in total. The Morgan fingerprint density at radius 2 is 2.12 bits per heavy atom. The Kier molecular flexibility index (Phi) is 2.36. The Morgan fingerprint density at radius 1 is 1.38 bits per heavy atom. The maximum Gasteiger partial charge on any atom is 0.269 e. The predicted octanol–water partition coefficient (Wildman–Crippen LogP) is 0.862. The van der Waals surface area contributed by atoms with Crippen LogP contribution in [-0.4, -0.2) is 15.7 Å². The highest BCUT2D eigenvalue weighted by molar-refractivity contribution is 5.90. The number of aryl methyl sites for hydroxylation is 1. The van der Waals surface area contributed by atoms with Gasteiger partial charge in [0, 0.05) is 11.9 Å². The molecular formula is C11H12N4O. The molecule has 0 aliphatic rings. The minimum Gasteiger partial charge on any atom is -0.399 e. The highest BCUT2D eigenvalue weighted by Crippen LogP contribution is 2.15. The highest BCUT2D eigenvalue weighted by atomic mass is 16.1. The Labute approximate surface area is 92.7 Å². The van der Waals surface area contributed by atoms with Gasteiger partial charge in [-0.2, -0.15) is 5.10 Å². The highest BCUT2D eigenvalue weighted by Gasteiger charge is 2.06. The molecule has 0 unspecified atom stereocenters. The monoisotopic (exact) mass is 216 g/mol. The maximum absolute atomic E-state index is 10.9. The van der Waals surface area contributed by atoms with Crippen LogP contribution in [0, 0.1) is 6.92 Å². The molecule has 5 heteroatoms. The summed E-state index contributed by atoms with van der Waals surface area (Å²) in [4.78, 5) is 10.9. The summed E-state index contributed by atoms with van der Waals surface area (Å²) in [5.74, 6) is -0.542. The van der Waals surface area contributed by atoms with E-state index in [1.165, 1.54) is 0 Å². The van der Waals surface area contributed by atoms with E-state index in [0.29, 0.717) is 5.69 Å². The number of carbonyl (C=O) groups excluding carboxylic acids is 1. The number of nitrogen functional groups attached to an aromatic ring is 1. The van der Waals surface area contributed by atoms with Crippen molar-refractivity contribution in [1.82, 2.24) is 9.78 Å². The third-order valence-electron chi connectivity index (χ3n) is 2.19. The molecule has 1 aromatic heterocycles. The standard InChI is InChI=1S/C11H12N4O/c1-7-4-8(12)6-9(5-7)15-3-2-10(14-15)11(13)16/h2-6H,12H2,1H3,(H2,13,16). The average molecular weight is 216 g/mol. The summed E-state index contributed by atoms with van der Waals surface area (Å²) in [5.41, 5.74) is 13.6. The molecule has 4 N–H and O–H groups in total. The zero-order valence-corrected chi connectivity index (χ0v) is 8.84. The van der Waals surface area contributed by atoms with Crippen LogP contribution < -0.4 is 11.5 Å². The van der Waals surface area contributed by atoms with Crippen molar-refractivity contribution >= 4 is 11.6 Å². The molecule has 0 fully saturated rings. The average Bonchev–Trinajstić information content (AvgIpc) is 2.64. The zero-order chi connectivity index (χ0) is 11.7. The number of hydrogen-bond acceptors (Lipinski definition) is 3. The number of amides is 1. The fourth-order valence-corrected chi connectivity index (χ4v) is 1.52. The first-order valence-corrected chi connectivity index (χ1v) is 4.79. The lowest BCUT2D eigenvalue weighted by Crippen LogP contribution is -2.12. The van der Waals surface area contributed by atoms with Crippen LogP contribution in [0.2, 0.25) is 0 Å². The molecule has 0 aliphatic carbocycles. The number of aromatic nitrogens is 2. The quantitative estimate of drug-likeness (QED) is 0.730. The number of primary amides is 1. The van der Waals surface area contributed by atoms with E-state index < -0.39 is 5.91 Å². The molecule has 16 heavy (non-hydrogen) atoms. The van der Waals surface area contributed by atoms with Crippen LogP contribution in [0.5, 0.6) is 0 Å². The summed E-state index contributed by atoms with van der Waals surface area (Å²) in [6, 6.07) is 7.14. The molecule has 0 saturated carbocycles. The van der Waals surface area contributed by atoms with E-state index in [9.17, 15) is 4.79 Å². The third-order valence-corrected chi connectivity index (χ3v) is 2.19. The summed E-state index contributed by atoms with van der Waals surface area (Å²) < 4.78 is 1.57. The topological polar surface area (TPSA) is 86.9 Å². The van der Waals surface area contributed by atoms with Gasteiger partial charge in [-0.05, 0) is 36.8 Å². The lowest BCUT2D eigenvalue weighted by Gasteiger charge is -2.04. The molecule has 2 aromatic rings. The Hall–Kier alpha value is -2.30. The second-order valence-corrected chi connectivity index (χ2v) is 3.61. The summed E-state index contributed by atoms with van der Waals surface area (Å²) >= 11 is 0. The van der Waals surface area contributed by atoms with Crippen LogP contribution in [0.25, 0.3) is 5.69 Å². The summed E-state index contributed by atoms with van der Waals surface area (Å²) in [7, 11) is 0. The van der Waals surface area contributed by atoms with Crippen molar-refractivity contribution in [2.24, 2.45) is 5.73 Å². The normalized spacial score (nSPS) is 10.3.